The maximum atomic E-state index is 6.32. The molecule has 0 amide bonds. The SMILES string of the molecule is CCc1nncn1CCN=C(NC(C)CC)NC(C)c1ccccc1Cl. The molecule has 1 heterocycles. The molecule has 0 aliphatic rings. The average molecular weight is 377 g/mol. The average Bonchev–Trinajstić information content (AvgIpc) is 3.09. The van der Waals surface area contributed by atoms with Gasteiger partial charge >= 0.3 is 0 Å². The van der Waals surface area contributed by atoms with Crippen molar-refractivity contribution in [2.45, 2.75) is 59.2 Å². The highest BCUT2D eigenvalue weighted by Crippen LogP contribution is 2.21. The Bertz CT molecular complexity index is 712. The Balaban J connectivity index is 2.06. The van der Waals surface area contributed by atoms with E-state index in [1.54, 1.807) is 6.33 Å². The minimum atomic E-state index is 0.0557. The largest absolute Gasteiger partial charge is 0.354 e. The van der Waals surface area contributed by atoms with E-state index in [0.717, 1.165) is 41.8 Å². The number of benzene rings is 1. The van der Waals surface area contributed by atoms with E-state index in [4.69, 9.17) is 16.6 Å². The summed E-state index contributed by atoms with van der Waals surface area (Å²) in [5.41, 5.74) is 1.06. The summed E-state index contributed by atoms with van der Waals surface area (Å²) < 4.78 is 2.04. The zero-order chi connectivity index (χ0) is 18.9. The zero-order valence-corrected chi connectivity index (χ0v) is 16.8. The van der Waals surface area contributed by atoms with Gasteiger partial charge in [0.25, 0.3) is 0 Å². The fourth-order valence-electron chi connectivity index (χ4n) is 2.59. The Morgan fingerprint density at radius 1 is 1.23 bits per heavy atom. The van der Waals surface area contributed by atoms with Crippen molar-refractivity contribution in [1.82, 2.24) is 25.4 Å². The predicted molar refractivity (Wildman–Crippen MR) is 108 cm³/mol. The standard InChI is InChI=1S/C19H29ClN6/c1-5-14(3)23-19(21-11-12-26-13-22-25-18(26)6-2)24-15(4)16-9-7-8-10-17(16)20/h7-10,13-15H,5-6,11-12H2,1-4H3,(H2,21,23,24). The number of hydrogen-bond acceptors (Lipinski definition) is 3. The molecular formula is C19H29ClN6. The van der Waals surface area contributed by atoms with E-state index in [1.807, 2.05) is 28.8 Å². The van der Waals surface area contributed by atoms with Gasteiger partial charge in [-0.05, 0) is 31.9 Å². The van der Waals surface area contributed by atoms with Crippen LogP contribution < -0.4 is 10.6 Å². The van der Waals surface area contributed by atoms with E-state index < -0.39 is 0 Å². The monoisotopic (exact) mass is 376 g/mol. The van der Waals surface area contributed by atoms with Gasteiger partial charge in [-0.2, -0.15) is 0 Å². The van der Waals surface area contributed by atoms with Crippen molar-refractivity contribution in [3.8, 4) is 0 Å². The first kappa shape index (κ1) is 20.2. The smallest absolute Gasteiger partial charge is 0.192 e. The molecule has 2 rings (SSSR count). The van der Waals surface area contributed by atoms with Gasteiger partial charge in [0, 0.05) is 24.0 Å². The number of aromatic nitrogens is 3. The molecule has 0 bridgehead atoms. The van der Waals surface area contributed by atoms with Gasteiger partial charge in [-0.15, -0.1) is 10.2 Å². The maximum absolute atomic E-state index is 6.32. The Labute approximate surface area is 161 Å². The summed E-state index contributed by atoms with van der Waals surface area (Å²) in [5.74, 6) is 1.77. The third-order valence-electron chi connectivity index (χ3n) is 4.34. The highest BCUT2D eigenvalue weighted by atomic mass is 35.5. The Hall–Kier alpha value is -2.08. The molecule has 0 fully saturated rings. The van der Waals surface area contributed by atoms with Crippen LogP contribution in [0.1, 0.15) is 51.5 Å². The molecule has 26 heavy (non-hydrogen) atoms. The quantitative estimate of drug-likeness (QED) is 0.545. The summed E-state index contributed by atoms with van der Waals surface area (Å²) in [6.07, 6.45) is 3.64. The molecule has 0 saturated heterocycles. The molecule has 2 N–H and O–H groups in total. The second kappa shape index (κ2) is 10.2. The van der Waals surface area contributed by atoms with E-state index in [-0.39, 0.29) is 6.04 Å². The second-order valence-corrected chi connectivity index (χ2v) is 6.77. The van der Waals surface area contributed by atoms with Crippen molar-refractivity contribution in [2.24, 2.45) is 4.99 Å². The molecule has 2 unspecified atom stereocenters. The van der Waals surface area contributed by atoms with E-state index >= 15 is 0 Å². The molecule has 142 valence electrons. The third-order valence-corrected chi connectivity index (χ3v) is 4.69. The summed E-state index contributed by atoms with van der Waals surface area (Å²) in [4.78, 5) is 4.73. The summed E-state index contributed by atoms with van der Waals surface area (Å²) in [6.45, 7) is 9.86. The molecule has 0 saturated carbocycles. The van der Waals surface area contributed by atoms with Crippen LogP contribution in [0.5, 0.6) is 0 Å². The first-order valence-electron chi connectivity index (χ1n) is 9.23. The first-order valence-corrected chi connectivity index (χ1v) is 9.61. The first-order chi connectivity index (χ1) is 12.5. The number of aryl methyl sites for hydroxylation is 1. The second-order valence-electron chi connectivity index (χ2n) is 6.37. The number of aliphatic imine (C=N–C) groups is 1. The van der Waals surface area contributed by atoms with Gasteiger partial charge < -0.3 is 15.2 Å². The van der Waals surface area contributed by atoms with Gasteiger partial charge in [-0.25, -0.2) is 0 Å². The van der Waals surface area contributed by atoms with Crippen LogP contribution in [0.25, 0.3) is 0 Å². The van der Waals surface area contributed by atoms with E-state index in [0.29, 0.717) is 12.6 Å². The van der Waals surface area contributed by atoms with Crippen molar-refractivity contribution >= 4 is 17.6 Å². The summed E-state index contributed by atoms with van der Waals surface area (Å²) in [6, 6.07) is 8.27. The Kier molecular flexibility index (Phi) is 7.91. The molecule has 2 atom stereocenters. The minimum absolute atomic E-state index is 0.0557. The van der Waals surface area contributed by atoms with Crippen LogP contribution in [-0.2, 0) is 13.0 Å². The molecule has 7 heteroatoms. The number of rotatable bonds is 8. The fraction of sp³-hybridized carbons (Fsp3) is 0.526. The summed E-state index contributed by atoms with van der Waals surface area (Å²) in [5, 5.41) is 15.7. The van der Waals surface area contributed by atoms with Crippen LogP contribution in [0, 0.1) is 0 Å². The van der Waals surface area contributed by atoms with Gasteiger partial charge in [-0.3, -0.25) is 4.99 Å². The number of nitrogens with zero attached hydrogens (tertiary/aromatic N) is 4. The number of nitrogens with one attached hydrogen (secondary N) is 2. The van der Waals surface area contributed by atoms with Crippen molar-refractivity contribution in [3.05, 3.63) is 47.0 Å². The number of guanidine groups is 1. The molecule has 1 aromatic carbocycles. The number of halogens is 1. The van der Waals surface area contributed by atoms with Crippen molar-refractivity contribution in [1.29, 1.82) is 0 Å². The van der Waals surface area contributed by atoms with Gasteiger partial charge in [0.1, 0.15) is 12.2 Å². The summed E-state index contributed by atoms with van der Waals surface area (Å²) in [7, 11) is 0. The molecule has 0 aliphatic heterocycles. The molecule has 6 nitrogen and oxygen atoms in total. The predicted octanol–water partition coefficient (Wildman–Crippen LogP) is 3.59. The molecule has 0 spiro atoms. The lowest BCUT2D eigenvalue weighted by atomic mass is 10.1. The normalized spacial score (nSPS) is 14.1. The minimum Gasteiger partial charge on any atom is -0.354 e. The summed E-state index contributed by atoms with van der Waals surface area (Å²) >= 11 is 6.32. The fourth-order valence-corrected chi connectivity index (χ4v) is 2.89. The van der Waals surface area contributed by atoms with Gasteiger partial charge in [0.05, 0.1) is 12.6 Å². The molecule has 0 aliphatic carbocycles. The van der Waals surface area contributed by atoms with E-state index in [2.05, 4.69) is 48.5 Å². The lowest BCUT2D eigenvalue weighted by Gasteiger charge is -2.22. The molecule has 2 aromatic rings. The lowest BCUT2D eigenvalue weighted by Crippen LogP contribution is -2.43. The third kappa shape index (κ3) is 5.73. The van der Waals surface area contributed by atoms with Crippen LogP contribution in [0.4, 0.5) is 0 Å². The molecule has 0 radical (unpaired) electrons. The van der Waals surface area contributed by atoms with E-state index in [9.17, 15) is 0 Å². The van der Waals surface area contributed by atoms with Crippen molar-refractivity contribution in [3.63, 3.8) is 0 Å². The van der Waals surface area contributed by atoms with Crippen molar-refractivity contribution < 1.29 is 0 Å². The topological polar surface area (TPSA) is 67.1 Å². The lowest BCUT2D eigenvalue weighted by molar-refractivity contribution is 0.596. The Morgan fingerprint density at radius 3 is 2.69 bits per heavy atom. The van der Waals surface area contributed by atoms with Crippen molar-refractivity contribution in [2.75, 3.05) is 6.54 Å². The highest BCUT2D eigenvalue weighted by Gasteiger charge is 2.12. The van der Waals surface area contributed by atoms with E-state index in [1.165, 1.54) is 0 Å². The van der Waals surface area contributed by atoms with Crippen LogP contribution in [0.3, 0.4) is 0 Å². The van der Waals surface area contributed by atoms with Gasteiger partial charge in [0.15, 0.2) is 5.96 Å². The molecular weight excluding hydrogens is 348 g/mol. The zero-order valence-electron chi connectivity index (χ0n) is 16.0. The number of hydrogen-bond donors (Lipinski definition) is 2. The van der Waals surface area contributed by atoms with Crippen LogP contribution >= 0.6 is 11.6 Å². The maximum Gasteiger partial charge on any atom is 0.192 e. The highest BCUT2D eigenvalue weighted by molar-refractivity contribution is 6.31. The van der Waals surface area contributed by atoms with Crippen LogP contribution in [-0.4, -0.2) is 33.3 Å². The van der Waals surface area contributed by atoms with Crippen LogP contribution in [0.15, 0.2) is 35.6 Å². The van der Waals surface area contributed by atoms with Gasteiger partial charge in [-0.1, -0.05) is 43.6 Å². The van der Waals surface area contributed by atoms with Gasteiger partial charge in [0.2, 0.25) is 0 Å². The van der Waals surface area contributed by atoms with Crippen LogP contribution in [0.2, 0.25) is 5.02 Å². The Morgan fingerprint density at radius 2 is 2.00 bits per heavy atom. The molecule has 1 aromatic heterocycles.